The average Bonchev–Trinajstić information content (AvgIpc) is 3.26. The van der Waals surface area contributed by atoms with Crippen LogP contribution in [0.2, 0.25) is 0 Å². The molecular weight excluding hydrogens is 442 g/mol. The van der Waals surface area contributed by atoms with Crippen molar-refractivity contribution in [2.45, 2.75) is 45.7 Å². The lowest BCUT2D eigenvalue weighted by atomic mass is 9.95. The molecule has 1 aliphatic heterocycles. The Morgan fingerprint density at radius 1 is 0.917 bits per heavy atom. The zero-order valence-corrected chi connectivity index (χ0v) is 21.5. The largest absolute Gasteiger partial charge is 0.355 e. The highest BCUT2D eigenvalue weighted by atomic mass is 16.1. The van der Waals surface area contributed by atoms with Crippen LogP contribution in [0.3, 0.4) is 0 Å². The maximum Gasteiger partial charge on any atom is 0.223 e. The molecule has 0 unspecified atom stereocenters. The minimum atomic E-state index is 0.114. The van der Waals surface area contributed by atoms with Crippen molar-refractivity contribution in [2.24, 2.45) is 5.92 Å². The Kier molecular flexibility index (Phi) is 7.52. The summed E-state index contributed by atoms with van der Waals surface area (Å²) in [5, 5.41) is 4.50. The molecule has 1 amide bonds. The monoisotopic (exact) mass is 479 g/mol. The second-order valence-corrected chi connectivity index (χ2v) is 10.4. The van der Waals surface area contributed by atoms with Gasteiger partial charge in [0.25, 0.3) is 0 Å². The molecule has 4 nitrogen and oxygen atoms in total. The quantitative estimate of drug-likeness (QED) is 0.330. The highest BCUT2D eigenvalue weighted by Gasteiger charge is 2.26. The van der Waals surface area contributed by atoms with Crippen molar-refractivity contribution >= 4 is 16.8 Å². The molecule has 3 aromatic carbocycles. The Labute approximate surface area is 214 Å². The summed E-state index contributed by atoms with van der Waals surface area (Å²) in [6, 6.07) is 30.3. The molecule has 0 bridgehead atoms. The van der Waals surface area contributed by atoms with Crippen molar-refractivity contribution in [1.82, 2.24) is 14.8 Å². The van der Waals surface area contributed by atoms with Gasteiger partial charge in [-0.05, 0) is 67.4 Å². The predicted octanol–water partition coefficient (Wildman–Crippen LogP) is 6.13. The van der Waals surface area contributed by atoms with Crippen molar-refractivity contribution in [3.63, 3.8) is 0 Å². The Morgan fingerprint density at radius 2 is 1.61 bits per heavy atom. The fraction of sp³-hybridized carbons (Fsp3) is 0.344. The van der Waals surface area contributed by atoms with E-state index in [1.807, 2.05) is 6.07 Å². The second kappa shape index (κ2) is 11.1. The van der Waals surface area contributed by atoms with Gasteiger partial charge in [0.15, 0.2) is 0 Å². The topological polar surface area (TPSA) is 37.3 Å². The van der Waals surface area contributed by atoms with Crippen molar-refractivity contribution < 1.29 is 4.79 Å². The maximum atomic E-state index is 12.9. The van der Waals surface area contributed by atoms with Crippen LogP contribution in [0.1, 0.15) is 48.1 Å². The molecule has 186 valence electrons. The molecule has 1 aliphatic rings. The van der Waals surface area contributed by atoms with Gasteiger partial charge in [0, 0.05) is 36.8 Å². The van der Waals surface area contributed by atoms with Gasteiger partial charge in [-0.1, -0.05) is 85.3 Å². The SMILES string of the molecule is Cc1ccc(Cn2c(CN3CCC(C(=O)NC[C@@H](C)c4ccccc4)CC3)cc3ccccc32)cc1. The molecule has 2 heterocycles. The standard InChI is InChI=1S/C32H37N3O/c1-24-12-14-26(15-13-24)22-35-30(20-29-10-6-7-11-31(29)35)23-34-18-16-28(17-19-34)32(36)33-21-25(2)27-8-4-3-5-9-27/h3-15,20,25,28H,16-19,21-23H2,1-2H3,(H,33,36)/t25-/m1/s1. The molecule has 0 spiro atoms. The van der Waals surface area contributed by atoms with Gasteiger partial charge in [-0.25, -0.2) is 0 Å². The maximum absolute atomic E-state index is 12.9. The predicted molar refractivity (Wildman–Crippen MR) is 148 cm³/mol. The number of aryl methyl sites for hydroxylation is 1. The molecule has 0 radical (unpaired) electrons. The molecule has 1 fully saturated rings. The first-order valence-corrected chi connectivity index (χ1v) is 13.2. The van der Waals surface area contributed by atoms with Gasteiger partial charge in [0.05, 0.1) is 0 Å². The molecule has 5 rings (SSSR count). The number of nitrogens with zero attached hydrogens (tertiary/aromatic N) is 2. The summed E-state index contributed by atoms with van der Waals surface area (Å²) in [7, 11) is 0. The van der Waals surface area contributed by atoms with E-state index in [0.29, 0.717) is 12.5 Å². The van der Waals surface area contributed by atoms with Crippen LogP contribution in [-0.2, 0) is 17.9 Å². The van der Waals surface area contributed by atoms with Gasteiger partial charge in [0.2, 0.25) is 5.91 Å². The molecular formula is C32H37N3O. The van der Waals surface area contributed by atoms with E-state index in [9.17, 15) is 4.79 Å². The molecule has 0 saturated carbocycles. The van der Waals surface area contributed by atoms with Crippen LogP contribution in [0.5, 0.6) is 0 Å². The number of carbonyl (C=O) groups is 1. The summed E-state index contributed by atoms with van der Waals surface area (Å²) in [5.74, 6) is 0.652. The van der Waals surface area contributed by atoms with E-state index in [1.165, 1.54) is 33.3 Å². The summed E-state index contributed by atoms with van der Waals surface area (Å²) in [4.78, 5) is 15.4. The minimum Gasteiger partial charge on any atom is -0.355 e. The first kappa shape index (κ1) is 24.3. The molecule has 36 heavy (non-hydrogen) atoms. The average molecular weight is 480 g/mol. The third-order valence-electron chi connectivity index (χ3n) is 7.65. The van der Waals surface area contributed by atoms with E-state index in [0.717, 1.165) is 39.0 Å². The van der Waals surface area contributed by atoms with Gasteiger partial charge in [0.1, 0.15) is 0 Å². The molecule has 1 N–H and O–H groups in total. The lowest BCUT2D eigenvalue weighted by Crippen LogP contribution is -2.41. The fourth-order valence-corrected chi connectivity index (χ4v) is 5.34. The van der Waals surface area contributed by atoms with E-state index < -0.39 is 0 Å². The number of para-hydroxylation sites is 1. The summed E-state index contributed by atoms with van der Waals surface area (Å²) in [6.07, 6.45) is 1.84. The summed E-state index contributed by atoms with van der Waals surface area (Å²) in [5.41, 5.74) is 6.51. The van der Waals surface area contributed by atoms with Crippen LogP contribution < -0.4 is 5.32 Å². The number of nitrogens with one attached hydrogen (secondary N) is 1. The first-order valence-electron chi connectivity index (χ1n) is 13.2. The van der Waals surface area contributed by atoms with Gasteiger partial charge in [-0.3, -0.25) is 9.69 Å². The van der Waals surface area contributed by atoms with E-state index >= 15 is 0 Å². The van der Waals surface area contributed by atoms with Crippen LogP contribution in [0.4, 0.5) is 0 Å². The van der Waals surface area contributed by atoms with Crippen molar-refractivity contribution in [1.29, 1.82) is 0 Å². The summed E-state index contributed by atoms with van der Waals surface area (Å²) in [6.45, 7) is 8.71. The zero-order valence-electron chi connectivity index (χ0n) is 21.5. The van der Waals surface area contributed by atoms with E-state index in [-0.39, 0.29) is 11.8 Å². The second-order valence-electron chi connectivity index (χ2n) is 10.4. The first-order chi connectivity index (χ1) is 17.6. The van der Waals surface area contributed by atoms with Crippen LogP contribution in [0, 0.1) is 12.8 Å². The summed E-state index contributed by atoms with van der Waals surface area (Å²) >= 11 is 0. The van der Waals surface area contributed by atoms with Crippen LogP contribution in [0.15, 0.2) is 84.9 Å². The summed E-state index contributed by atoms with van der Waals surface area (Å²) < 4.78 is 2.46. The highest BCUT2D eigenvalue weighted by molar-refractivity contribution is 5.81. The van der Waals surface area contributed by atoms with Gasteiger partial charge < -0.3 is 9.88 Å². The molecule has 4 aromatic rings. The third kappa shape index (κ3) is 5.71. The number of fused-ring (bicyclic) bond motifs is 1. The Morgan fingerprint density at radius 3 is 2.36 bits per heavy atom. The molecule has 4 heteroatoms. The molecule has 1 aromatic heterocycles. The van der Waals surface area contributed by atoms with Gasteiger partial charge >= 0.3 is 0 Å². The van der Waals surface area contributed by atoms with Gasteiger partial charge in [-0.15, -0.1) is 0 Å². The fourth-order valence-electron chi connectivity index (χ4n) is 5.34. The number of amides is 1. The highest BCUT2D eigenvalue weighted by Crippen LogP contribution is 2.25. The van der Waals surface area contributed by atoms with E-state index in [2.05, 4.69) is 107 Å². The van der Waals surface area contributed by atoms with E-state index in [4.69, 9.17) is 0 Å². The third-order valence-corrected chi connectivity index (χ3v) is 7.65. The Balaban J connectivity index is 1.19. The number of benzene rings is 3. The number of carbonyl (C=O) groups excluding carboxylic acids is 1. The lowest BCUT2D eigenvalue weighted by molar-refractivity contribution is -0.126. The number of aromatic nitrogens is 1. The lowest BCUT2D eigenvalue weighted by Gasteiger charge is -2.31. The van der Waals surface area contributed by atoms with Crippen molar-refractivity contribution in [2.75, 3.05) is 19.6 Å². The Bertz CT molecular complexity index is 1280. The van der Waals surface area contributed by atoms with Crippen LogP contribution >= 0.6 is 0 Å². The molecule has 1 atom stereocenters. The number of likely N-dealkylation sites (tertiary alicyclic amines) is 1. The smallest absolute Gasteiger partial charge is 0.223 e. The number of hydrogen-bond donors (Lipinski definition) is 1. The number of hydrogen-bond acceptors (Lipinski definition) is 2. The molecule has 0 aliphatic carbocycles. The zero-order chi connectivity index (χ0) is 24.9. The van der Waals surface area contributed by atoms with Crippen LogP contribution in [-0.4, -0.2) is 35.0 Å². The van der Waals surface area contributed by atoms with Gasteiger partial charge in [-0.2, -0.15) is 0 Å². The normalized spacial score (nSPS) is 15.7. The van der Waals surface area contributed by atoms with Crippen molar-refractivity contribution in [3.8, 4) is 0 Å². The van der Waals surface area contributed by atoms with Crippen LogP contribution in [0.25, 0.3) is 10.9 Å². The minimum absolute atomic E-state index is 0.114. The molecule has 1 saturated heterocycles. The number of rotatable bonds is 8. The number of piperidine rings is 1. The Hall–Kier alpha value is -3.37. The van der Waals surface area contributed by atoms with Crippen molar-refractivity contribution in [3.05, 3.63) is 107 Å². The van der Waals surface area contributed by atoms with E-state index in [1.54, 1.807) is 0 Å².